The van der Waals surface area contributed by atoms with E-state index in [-0.39, 0.29) is 5.91 Å². The normalized spacial score (nSPS) is 19.5. The lowest BCUT2D eigenvalue weighted by Crippen LogP contribution is -2.35. The number of ether oxygens (including phenoxy) is 1. The standard InChI is InChI=1S/C12H18N2O2S/c1-3-14(6-10-4-5-16-7-10)12(15)11-9(2)13-8-17-11/h8,10H,3-7H2,1-2H3/t10-/m0/s1. The molecule has 1 aromatic heterocycles. The average Bonchev–Trinajstić information content (AvgIpc) is 2.96. The van der Waals surface area contributed by atoms with E-state index >= 15 is 0 Å². The number of rotatable bonds is 4. The highest BCUT2D eigenvalue weighted by Crippen LogP contribution is 2.18. The molecule has 0 aliphatic carbocycles. The Labute approximate surface area is 106 Å². The van der Waals surface area contributed by atoms with Gasteiger partial charge in [0.15, 0.2) is 0 Å². The van der Waals surface area contributed by atoms with Crippen molar-refractivity contribution in [1.82, 2.24) is 9.88 Å². The molecule has 0 spiro atoms. The first-order chi connectivity index (χ1) is 8.22. The SMILES string of the molecule is CCN(C[C@@H]1CCOC1)C(=O)c1scnc1C. The minimum absolute atomic E-state index is 0.111. The van der Waals surface area contributed by atoms with Gasteiger partial charge in [0.05, 0.1) is 17.8 Å². The van der Waals surface area contributed by atoms with Crippen LogP contribution in [0.4, 0.5) is 0 Å². The molecule has 0 bridgehead atoms. The first kappa shape index (κ1) is 12.5. The van der Waals surface area contributed by atoms with Crippen LogP contribution >= 0.6 is 11.3 Å². The molecule has 2 heterocycles. The van der Waals surface area contributed by atoms with Crippen molar-refractivity contribution >= 4 is 17.2 Å². The number of thiazole rings is 1. The third-order valence-electron chi connectivity index (χ3n) is 3.11. The van der Waals surface area contributed by atoms with Gasteiger partial charge in [0.2, 0.25) is 0 Å². The van der Waals surface area contributed by atoms with Crippen LogP contribution in [-0.2, 0) is 4.74 Å². The predicted octanol–water partition coefficient (Wildman–Crippen LogP) is 1.95. The van der Waals surface area contributed by atoms with E-state index in [0.717, 1.165) is 43.3 Å². The Morgan fingerprint density at radius 1 is 1.71 bits per heavy atom. The van der Waals surface area contributed by atoms with E-state index < -0.39 is 0 Å². The van der Waals surface area contributed by atoms with E-state index in [2.05, 4.69) is 4.98 Å². The molecule has 0 unspecified atom stereocenters. The summed E-state index contributed by atoms with van der Waals surface area (Å²) in [5.74, 6) is 0.603. The molecule has 1 atom stereocenters. The van der Waals surface area contributed by atoms with Gasteiger partial charge in [-0.2, -0.15) is 0 Å². The minimum atomic E-state index is 0.111. The number of aryl methyl sites for hydroxylation is 1. The number of nitrogens with zero attached hydrogens (tertiary/aromatic N) is 2. The van der Waals surface area contributed by atoms with E-state index in [1.165, 1.54) is 11.3 Å². The van der Waals surface area contributed by atoms with Gasteiger partial charge in [0.25, 0.3) is 5.91 Å². The van der Waals surface area contributed by atoms with Gasteiger partial charge < -0.3 is 9.64 Å². The highest BCUT2D eigenvalue weighted by molar-refractivity contribution is 7.11. The first-order valence-corrected chi connectivity index (χ1v) is 6.87. The molecule has 1 fully saturated rings. The maximum Gasteiger partial charge on any atom is 0.265 e. The van der Waals surface area contributed by atoms with Crippen molar-refractivity contribution in [2.24, 2.45) is 5.92 Å². The molecule has 1 aliphatic rings. The van der Waals surface area contributed by atoms with Crippen LogP contribution in [0, 0.1) is 12.8 Å². The molecule has 1 amide bonds. The molecule has 0 aromatic carbocycles. The number of carbonyl (C=O) groups excluding carboxylic acids is 1. The molecule has 2 rings (SSSR count). The summed E-state index contributed by atoms with van der Waals surface area (Å²) in [6.07, 6.45) is 1.06. The van der Waals surface area contributed by atoms with Gasteiger partial charge in [0, 0.05) is 25.6 Å². The predicted molar refractivity (Wildman–Crippen MR) is 67.4 cm³/mol. The van der Waals surface area contributed by atoms with Crippen molar-refractivity contribution in [2.75, 3.05) is 26.3 Å². The second-order valence-electron chi connectivity index (χ2n) is 4.34. The minimum Gasteiger partial charge on any atom is -0.381 e. The summed E-state index contributed by atoms with van der Waals surface area (Å²) in [5, 5.41) is 0. The maximum absolute atomic E-state index is 12.3. The molecule has 0 N–H and O–H groups in total. The molecule has 5 heteroatoms. The Morgan fingerprint density at radius 2 is 2.53 bits per heavy atom. The summed E-state index contributed by atoms with van der Waals surface area (Å²) in [4.78, 5) is 19.1. The van der Waals surface area contributed by atoms with Gasteiger partial charge in [-0.15, -0.1) is 11.3 Å². The molecule has 0 saturated carbocycles. The van der Waals surface area contributed by atoms with Crippen LogP contribution in [0.2, 0.25) is 0 Å². The third-order valence-corrected chi connectivity index (χ3v) is 4.03. The summed E-state index contributed by atoms with van der Waals surface area (Å²) in [6, 6.07) is 0. The van der Waals surface area contributed by atoms with Crippen LogP contribution in [0.3, 0.4) is 0 Å². The second kappa shape index (κ2) is 5.60. The number of amides is 1. The Bertz CT molecular complexity index is 386. The van der Waals surface area contributed by atoms with Gasteiger partial charge in [-0.1, -0.05) is 0 Å². The van der Waals surface area contributed by atoms with E-state index in [0.29, 0.717) is 5.92 Å². The summed E-state index contributed by atoms with van der Waals surface area (Å²) >= 11 is 1.43. The highest BCUT2D eigenvalue weighted by Gasteiger charge is 2.23. The van der Waals surface area contributed by atoms with Crippen molar-refractivity contribution in [2.45, 2.75) is 20.3 Å². The van der Waals surface area contributed by atoms with Crippen LogP contribution in [0.25, 0.3) is 0 Å². The monoisotopic (exact) mass is 254 g/mol. The van der Waals surface area contributed by atoms with Crippen molar-refractivity contribution in [3.63, 3.8) is 0 Å². The van der Waals surface area contributed by atoms with Gasteiger partial charge in [-0.05, 0) is 20.3 Å². The van der Waals surface area contributed by atoms with Crippen molar-refractivity contribution in [1.29, 1.82) is 0 Å². The van der Waals surface area contributed by atoms with Gasteiger partial charge in [-0.3, -0.25) is 4.79 Å². The van der Waals surface area contributed by atoms with Crippen LogP contribution in [0.1, 0.15) is 28.7 Å². The first-order valence-electron chi connectivity index (χ1n) is 5.99. The quantitative estimate of drug-likeness (QED) is 0.824. The lowest BCUT2D eigenvalue weighted by Gasteiger charge is -2.23. The van der Waals surface area contributed by atoms with Crippen molar-refractivity contribution in [3.8, 4) is 0 Å². The van der Waals surface area contributed by atoms with Gasteiger partial charge in [0.1, 0.15) is 4.88 Å². The molecule has 1 aliphatic heterocycles. The lowest BCUT2D eigenvalue weighted by atomic mass is 10.1. The number of hydrogen-bond acceptors (Lipinski definition) is 4. The fraction of sp³-hybridized carbons (Fsp3) is 0.667. The summed E-state index contributed by atoms with van der Waals surface area (Å²) in [6.45, 7) is 7.06. The van der Waals surface area contributed by atoms with Crippen molar-refractivity contribution in [3.05, 3.63) is 16.1 Å². The average molecular weight is 254 g/mol. The molecule has 17 heavy (non-hydrogen) atoms. The molecule has 0 radical (unpaired) electrons. The topological polar surface area (TPSA) is 42.4 Å². The number of carbonyl (C=O) groups is 1. The number of hydrogen-bond donors (Lipinski definition) is 0. The number of aromatic nitrogens is 1. The summed E-state index contributed by atoms with van der Waals surface area (Å²) in [7, 11) is 0. The van der Waals surface area contributed by atoms with Gasteiger partial charge >= 0.3 is 0 Å². The summed E-state index contributed by atoms with van der Waals surface area (Å²) in [5.41, 5.74) is 2.57. The van der Waals surface area contributed by atoms with E-state index in [1.807, 2.05) is 18.7 Å². The zero-order valence-electron chi connectivity index (χ0n) is 10.3. The maximum atomic E-state index is 12.3. The van der Waals surface area contributed by atoms with E-state index in [4.69, 9.17) is 4.74 Å². The van der Waals surface area contributed by atoms with Crippen LogP contribution in [0.5, 0.6) is 0 Å². The Morgan fingerprint density at radius 3 is 3.06 bits per heavy atom. The van der Waals surface area contributed by atoms with E-state index in [9.17, 15) is 4.79 Å². The third kappa shape index (κ3) is 2.84. The van der Waals surface area contributed by atoms with Gasteiger partial charge in [-0.25, -0.2) is 4.98 Å². The largest absolute Gasteiger partial charge is 0.381 e. The zero-order chi connectivity index (χ0) is 12.3. The second-order valence-corrected chi connectivity index (χ2v) is 5.20. The Kier molecular flexibility index (Phi) is 4.12. The Balaban J connectivity index is 2.02. The molecule has 1 aromatic rings. The highest BCUT2D eigenvalue weighted by atomic mass is 32.1. The van der Waals surface area contributed by atoms with Crippen LogP contribution in [0.15, 0.2) is 5.51 Å². The molecule has 1 saturated heterocycles. The van der Waals surface area contributed by atoms with Crippen LogP contribution in [-0.4, -0.2) is 42.1 Å². The van der Waals surface area contributed by atoms with Crippen molar-refractivity contribution < 1.29 is 9.53 Å². The zero-order valence-corrected chi connectivity index (χ0v) is 11.1. The lowest BCUT2D eigenvalue weighted by molar-refractivity contribution is 0.0734. The van der Waals surface area contributed by atoms with Crippen LogP contribution < -0.4 is 0 Å². The summed E-state index contributed by atoms with van der Waals surface area (Å²) < 4.78 is 5.35. The Hall–Kier alpha value is -0.940. The molecule has 94 valence electrons. The smallest absolute Gasteiger partial charge is 0.265 e. The molecule has 4 nitrogen and oxygen atoms in total. The van der Waals surface area contributed by atoms with E-state index in [1.54, 1.807) is 5.51 Å². The molecular formula is C12H18N2O2S. The fourth-order valence-electron chi connectivity index (χ4n) is 2.05. The fourth-order valence-corrected chi connectivity index (χ4v) is 2.81. The molecular weight excluding hydrogens is 236 g/mol.